The lowest BCUT2D eigenvalue weighted by Crippen LogP contribution is -2.43. The quantitative estimate of drug-likeness (QED) is 0.706. The van der Waals surface area contributed by atoms with Crippen LogP contribution in [0.3, 0.4) is 0 Å². The Morgan fingerprint density at radius 1 is 1.24 bits per heavy atom. The zero-order valence-corrected chi connectivity index (χ0v) is 16.2. The highest BCUT2D eigenvalue weighted by Crippen LogP contribution is 2.24. The lowest BCUT2D eigenvalue weighted by atomic mass is 10.0. The zero-order chi connectivity index (χ0) is 20.4. The third kappa shape index (κ3) is 4.32. The molecule has 0 atom stereocenters. The fourth-order valence-corrected chi connectivity index (χ4v) is 3.68. The first-order chi connectivity index (χ1) is 14.0. The van der Waals surface area contributed by atoms with E-state index >= 15 is 0 Å². The van der Waals surface area contributed by atoms with Crippen molar-refractivity contribution in [1.29, 1.82) is 0 Å². The van der Waals surface area contributed by atoms with Crippen LogP contribution in [0.2, 0.25) is 0 Å². The molecule has 1 aromatic carbocycles. The van der Waals surface area contributed by atoms with Crippen LogP contribution in [-0.4, -0.2) is 44.9 Å². The molecular weight excluding hydrogens is 371 g/mol. The first-order valence-corrected chi connectivity index (χ1v) is 9.65. The van der Waals surface area contributed by atoms with Crippen LogP contribution in [0.4, 0.5) is 10.2 Å². The van der Waals surface area contributed by atoms with Gasteiger partial charge < -0.3 is 16.0 Å². The summed E-state index contributed by atoms with van der Waals surface area (Å²) in [4.78, 5) is 25.9. The monoisotopic (exact) mass is 394 g/mol. The number of carbonyl (C=O) groups is 1. The van der Waals surface area contributed by atoms with Crippen molar-refractivity contribution in [1.82, 2.24) is 25.2 Å². The minimum Gasteiger partial charge on any atom is -0.382 e. The number of likely N-dealkylation sites (tertiary alicyclic amines) is 1. The Bertz CT molecular complexity index is 1050. The van der Waals surface area contributed by atoms with Gasteiger partial charge in [-0.1, -0.05) is 0 Å². The minimum atomic E-state index is -0.315. The standard InChI is InChI=1S/C21H23FN6O/c1-13(29)28-6-4-17(5-7-28)24-11-14-8-15(10-16(22)9-14)18-2-3-19-20(27-18)21(23)26-12-25-19/h2-3,8-10,12,17,24H,4-7,11H2,1H3,(H2,23,25,26). The molecule has 0 bridgehead atoms. The van der Waals surface area contributed by atoms with E-state index in [0.717, 1.165) is 31.5 Å². The molecule has 1 saturated heterocycles. The summed E-state index contributed by atoms with van der Waals surface area (Å²) < 4.78 is 14.3. The number of nitrogens with two attached hydrogens (primary N) is 1. The number of pyridine rings is 1. The molecule has 0 aliphatic carbocycles. The van der Waals surface area contributed by atoms with Gasteiger partial charge in [0.15, 0.2) is 5.82 Å². The van der Waals surface area contributed by atoms with Crippen LogP contribution in [0.5, 0.6) is 0 Å². The number of hydrogen-bond acceptors (Lipinski definition) is 6. The van der Waals surface area contributed by atoms with E-state index in [9.17, 15) is 9.18 Å². The van der Waals surface area contributed by atoms with Gasteiger partial charge in [-0.15, -0.1) is 0 Å². The van der Waals surface area contributed by atoms with E-state index in [1.165, 1.54) is 18.5 Å². The summed E-state index contributed by atoms with van der Waals surface area (Å²) in [7, 11) is 0. The van der Waals surface area contributed by atoms with Crippen LogP contribution in [-0.2, 0) is 11.3 Å². The van der Waals surface area contributed by atoms with Gasteiger partial charge in [-0.25, -0.2) is 19.3 Å². The third-order valence-electron chi connectivity index (χ3n) is 5.30. The minimum absolute atomic E-state index is 0.118. The average molecular weight is 394 g/mol. The normalized spacial score (nSPS) is 15.0. The molecule has 0 radical (unpaired) electrons. The molecule has 150 valence electrons. The van der Waals surface area contributed by atoms with Gasteiger partial charge in [0.2, 0.25) is 5.91 Å². The maximum atomic E-state index is 14.3. The number of carbonyl (C=O) groups excluding carboxylic acids is 1. The second-order valence-corrected chi connectivity index (χ2v) is 7.33. The summed E-state index contributed by atoms with van der Waals surface area (Å²) in [6, 6.07) is 8.84. The number of amides is 1. The molecule has 0 unspecified atom stereocenters. The predicted molar refractivity (Wildman–Crippen MR) is 109 cm³/mol. The first-order valence-electron chi connectivity index (χ1n) is 9.65. The number of nitrogen functional groups attached to an aromatic ring is 1. The summed E-state index contributed by atoms with van der Waals surface area (Å²) in [5.74, 6) is 0.101. The summed E-state index contributed by atoms with van der Waals surface area (Å²) in [6.45, 7) is 3.66. The fraction of sp³-hybridized carbons (Fsp3) is 0.333. The Kier molecular flexibility index (Phi) is 5.35. The number of piperidine rings is 1. The summed E-state index contributed by atoms with van der Waals surface area (Å²) >= 11 is 0. The molecule has 1 aliphatic heterocycles. The van der Waals surface area contributed by atoms with Crippen LogP contribution in [0.1, 0.15) is 25.3 Å². The summed E-state index contributed by atoms with van der Waals surface area (Å²) in [5.41, 5.74) is 9.19. The van der Waals surface area contributed by atoms with E-state index in [4.69, 9.17) is 5.73 Å². The molecule has 4 rings (SSSR count). The van der Waals surface area contributed by atoms with Crippen LogP contribution >= 0.6 is 0 Å². The molecular formula is C21H23FN6O. The van der Waals surface area contributed by atoms with Crippen molar-refractivity contribution in [3.05, 3.63) is 48.0 Å². The average Bonchev–Trinajstić information content (AvgIpc) is 2.72. The molecule has 2 aromatic heterocycles. The number of halogens is 1. The van der Waals surface area contributed by atoms with Crippen molar-refractivity contribution >= 4 is 22.8 Å². The number of benzene rings is 1. The Balaban J connectivity index is 1.50. The molecule has 0 spiro atoms. The van der Waals surface area contributed by atoms with Gasteiger partial charge in [-0.2, -0.15) is 0 Å². The largest absolute Gasteiger partial charge is 0.382 e. The van der Waals surface area contributed by atoms with Crippen LogP contribution in [0.15, 0.2) is 36.7 Å². The molecule has 3 heterocycles. The number of nitrogens with one attached hydrogen (secondary N) is 1. The first kappa shape index (κ1) is 19.2. The number of nitrogens with zero attached hydrogens (tertiary/aromatic N) is 4. The lowest BCUT2D eigenvalue weighted by molar-refractivity contribution is -0.129. The number of hydrogen-bond donors (Lipinski definition) is 2. The van der Waals surface area contributed by atoms with Crippen molar-refractivity contribution in [3.8, 4) is 11.3 Å². The molecule has 3 aromatic rings. The van der Waals surface area contributed by atoms with E-state index in [1.807, 2.05) is 11.0 Å². The maximum absolute atomic E-state index is 14.3. The van der Waals surface area contributed by atoms with Gasteiger partial charge >= 0.3 is 0 Å². The molecule has 1 aliphatic rings. The molecule has 1 fully saturated rings. The van der Waals surface area contributed by atoms with Gasteiger partial charge in [-0.3, -0.25) is 4.79 Å². The van der Waals surface area contributed by atoms with Crippen molar-refractivity contribution in [2.45, 2.75) is 32.4 Å². The Morgan fingerprint density at radius 3 is 2.79 bits per heavy atom. The van der Waals surface area contributed by atoms with Crippen LogP contribution in [0.25, 0.3) is 22.3 Å². The third-order valence-corrected chi connectivity index (χ3v) is 5.30. The number of fused-ring (bicyclic) bond motifs is 1. The van der Waals surface area contributed by atoms with Gasteiger partial charge in [0, 0.05) is 38.2 Å². The van der Waals surface area contributed by atoms with Gasteiger partial charge in [-0.05, 0) is 48.7 Å². The molecule has 29 heavy (non-hydrogen) atoms. The molecule has 7 nitrogen and oxygen atoms in total. The lowest BCUT2D eigenvalue weighted by Gasteiger charge is -2.31. The van der Waals surface area contributed by atoms with E-state index < -0.39 is 0 Å². The Labute approximate surface area is 168 Å². The number of aromatic nitrogens is 3. The highest BCUT2D eigenvalue weighted by Gasteiger charge is 2.20. The van der Waals surface area contributed by atoms with Crippen molar-refractivity contribution < 1.29 is 9.18 Å². The highest BCUT2D eigenvalue weighted by molar-refractivity contribution is 5.85. The number of anilines is 1. The zero-order valence-electron chi connectivity index (χ0n) is 16.2. The van der Waals surface area contributed by atoms with Crippen LogP contribution in [0, 0.1) is 5.82 Å². The van der Waals surface area contributed by atoms with Crippen molar-refractivity contribution in [3.63, 3.8) is 0 Å². The smallest absolute Gasteiger partial charge is 0.219 e. The number of rotatable bonds is 4. The fourth-order valence-electron chi connectivity index (χ4n) is 3.68. The van der Waals surface area contributed by atoms with Crippen molar-refractivity contribution in [2.24, 2.45) is 0 Å². The van der Waals surface area contributed by atoms with E-state index in [1.54, 1.807) is 19.1 Å². The second kappa shape index (κ2) is 8.08. The van der Waals surface area contributed by atoms with Crippen LogP contribution < -0.4 is 11.1 Å². The van der Waals surface area contributed by atoms with Crippen molar-refractivity contribution in [2.75, 3.05) is 18.8 Å². The SMILES string of the molecule is CC(=O)N1CCC(NCc2cc(F)cc(-c3ccc4ncnc(N)c4n3)c2)CC1. The van der Waals surface area contributed by atoms with Gasteiger partial charge in [0.05, 0.1) is 11.2 Å². The molecule has 8 heteroatoms. The molecule has 1 amide bonds. The van der Waals surface area contributed by atoms with E-state index in [0.29, 0.717) is 40.7 Å². The summed E-state index contributed by atoms with van der Waals surface area (Å²) in [6.07, 6.45) is 3.19. The maximum Gasteiger partial charge on any atom is 0.219 e. The predicted octanol–water partition coefficient (Wildman–Crippen LogP) is 2.51. The topological polar surface area (TPSA) is 97.0 Å². The molecule has 0 saturated carbocycles. The van der Waals surface area contributed by atoms with E-state index in [2.05, 4.69) is 20.3 Å². The Hall–Kier alpha value is -3.13. The van der Waals surface area contributed by atoms with Gasteiger partial charge in [0.25, 0.3) is 0 Å². The Morgan fingerprint density at radius 2 is 2.03 bits per heavy atom. The second-order valence-electron chi connectivity index (χ2n) is 7.33. The molecule has 3 N–H and O–H groups in total. The van der Waals surface area contributed by atoms with E-state index in [-0.39, 0.29) is 11.7 Å². The highest BCUT2D eigenvalue weighted by atomic mass is 19.1. The summed E-state index contributed by atoms with van der Waals surface area (Å²) in [5, 5.41) is 3.48. The van der Waals surface area contributed by atoms with Gasteiger partial charge in [0.1, 0.15) is 17.7 Å².